The zero-order chi connectivity index (χ0) is 22.6. The highest BCUT2D eigenvalue weighted by atomic mass is 19.1. The van der Waals surface area contributed by atoms with Crippen LogP contribution in [0.2, 0.25) is 0 Å². The third kappa shape index (κ3) is 3.30. The smallest absolute Gasteiger partial charge is 0.162 e. The molecule has 0 unspecified atom stereocenters. The van der Waals surface area contributed by atoms with Gasteiger partial charge in [0.15, 0.2) is 5.78 Å². The number of aromatic nitrogens is 2. The Morgan fingerprint density at radius 1 is 1.09 bits per heavy atom. The van der Waals surface area contributed by atoms with Crippen LogP contribution in [0.5, 0.6) is 5.75 Å². The van der Waals surface area contributed by atoms with E-state index in [1.54, 1.807) is 19.2 Å². The second kappa shape index (κ2) is 7.33. The summed E-state index contributed by atoms with van der Waals surface area (Å²) in [4.78, 5) is 13.4. The van der Waals surface area contributed by atoms with Crippen LogP contribution in [-0.4, -0.2) is 22.7 Å². The monoisotopic (exact) mass is 431 g/mol. The van der Waals surface area contributed by atoms with E-state index in [1.165, 1.54) is 12.1 Å². The van der Waals surface area contributed by atoms with Crippen molar-refractivity contribution in [3.8, 4) is 11.4 Å². The van der Waals surface area contributed by atoms with Crippen molar-refractivity contribution in [2.45, 2.75) is 39.5 Å². The van der Waals surface area contributed by atoms with Gasteiger partial charge in [0.2, 0.25) is 0 Å². The van der Waals surface area contributed by atoms with Gasteiger partial charge in [-0.2, -0.15) is 5.10 Å². The van der Waals surface area contributed by atoms with Crippen LogP contribution < -0.4 is 10.1 Å². The lowest BCUT2D eigenvalue weighted by Gasteiger charge is -2.38. The molecule has 0 amide bonds. The lowest BCUT2D eigenvalue weighted by Crippen LogP contribution is -2.34. The molecule has 0 spiro atoms. The van der Waals surface area contributed by atoms with Crippen molar-refractivity contribution >= 4 is 11.6 Å². The van der Waals surface area contributed by atoms with E-state index < -0.39 is 0 Å². The molecule has 1 aliphatic heterocycles. The van der Waals surface area contributed by atoms with E-state index in [0.717, 1.165) is 51.8 Å². The van der Waals surface area contributed by atoms with E-state index >= 15 is 0 Å². The number of hydrogen-bond donors (Lipinski definition) is 1. The number of methoxy groups -OCH3 is 1. The highest BCUT2D eigenvalue weighted by molar-refractivity contribution is 6.01. The minimum Gasteiger partial charge on any atom is -0.497 e. The van der Waals surface area contributed by atoms with Gasteiger partial charge in [-0.15, -0.1) is 0 Å². The Labute approximate surface area is 186 Å². The van der Waals surface area contributed by atoms with Crippen LogP contribution in [0.3, 0.4) is 0 Å². The number of rotatable bonds is 3. The van der Waals surface area contributed by atoms with Gasteiger partial charge in [-0.25, -0.2) is 9.07 Å². The summed E-state index contributed by atoms with van der Waals surface area (Å²) >= 11 is 0. The van der Waals surface area contributed by atoms with Gasteiger partial charge in [0.1, 0.15) is 17.4 Å². The number of ketones is 1. The number of hydrogen-bond acceptors (Lipinski definition) is 4. The van der Waals surface area contributed by atoms with Crippen molar-refractivity contribution in [1.29, 1.82) is 0 Å². The van der Waals surface area contributed by atoms with E-state index in [0.29, 0.717) is 6.42 Å². The van der Waals surface area contributed by atoms with Crippen LogP contribution in [0.15, 0.2) is 59.8 Å². The topological polar surface area (TPSA) is 56.1 Å². The van der Waals surface area contributed by atoms with E-state index in [-0.39, 0.29) is 22.9 Å². The number of anilines is 1. The van der Waals surface area contributed by atoms with Crippen molar-refractivity contribution in [2.24, 2.45) is 5.41 Å². The fraction of sp³-hybridized carbons (Fsp3) is 0.308. The number of carbonyl (C=O) groups is 1. The molecule has 1 N–H and O–H groups in total. The molecule has 6 heteroatoms. The third-order valence-electron chi connectivity index (χ3n) is 6.39. The SMILES string of the molecule is COc1ccc([C@H]2C3=C(CC(C)(C)CC3=O)Nc3c2c(C)nn3-c2ccc(F)cc2)cc1. The highest BCUT2D eigenvalue weighted by Gasteiger charge is 2.42. The van der Waals surface area contributed by atoms with Crippen molar-refractivity contribution in [2.75, 3.05) is 12.4 Å². The molecule has 2 aromatic carbocycles. The number of benzene rings is 2. The van der Waals surface area contributed by atoms with Crippen molar-refractivity contribution in [1.82, 2.24) is 9.78 Å². The van der Waals surface area contributed by atoms with Crippen LogP contribution in [-0.2, 0) is 4.79 Å². The van der Waals surface area contributed by atoms with E-state index in [9.17, 15) is 9.18 Å². The van der Waals surface area contributed by atoms with Gasteiger partial charge >= 0.3 is 0 Å². The summed E-state index contributed by atoms with van der Waals surface area (Å²) < 4.78 is 20.7. The van der Waals surface area contributed by atoms with Crippen LogP contribution in [0, 0.1) is 18.2 Å². The zero-order valence-corrected chi connectivity index (χ0v) is 18.7. The van der Waals surface area contributed by atoms with Gasteiger partial charge in [-0.05, 0) is 60.7 Å². The molecule has 0 saturated heterocycles. The Bertz CT molecular complexity index is 1240. The van der Waals surface area contributed by atoms with E-state index in [1.807, 2.05) is 35.9 Å². The predicted molar refractivity (Wildman–Crippen MR) is 122 cm³/mol. The molecule has 5 rings (SSSR count). The zero-order valence-electron chi connectivity index (χ0n) is 18.7. The van der Waals surface area contributed by atoms with E-state index in [4.69, 9.17) is 9.84 Å². The molecule has 2 aliphatic rings. The lowest BCUT2D eigenvalue weighted by atomic mass is 9.69. The van der Waals surface area contributed by atoms with Gasteiger partial charge in [-0.3, -0.25) is 4.79 Å². The molecule has 1 aliphatic carbocycles. The first-order valence-electron chi connectivity index (χ1n) is 10.8. The van der Waals surface area contributed by atoms with Gasteiger partial charge in [0.05, 0.1) is 18.5 Å². The van der Waals surface area contributed by atoms with Gasteiger partial charge in [0.25, 0.3) is 0 Å². The molecule has 5 nitrogen and oxygen atoms in total. The Morgan fingerprint density at radius 2 is 1.78 bits per heavy atom. The molecule has 1 aromatic heterocycles. The summed E-state index contributed by atoms with van der Waals surface area (Å²) in [6.45, 7) is 6.20. The van der Waals surface area contributed by atoms with Crippen LogP contribution in [0.25, 0.3) is 5.69 Å². The first kappa shape index (κ1) is 20.5. The number of nitrogens with one attached hydrogen (secondary N) is 1. The van der Waals surface area contributed by atoms with Crippen molar-refractivity contribution in [3.05, 3.63) is 82.4 Å². The molecule has 0 bridgehead atoms. The van der Waals surface area contributed by atoms with Crippen LogP contribution in [0.1, 0.15) is 49.4 Å². The maximum atomic E-state index is 13.5. The number of fused-ring (bicyclic) bond motifs is 1. The average Bonchev–Trinajstić information content (AvgIpc) is 3.08. The number of halogens is 1. The first-order valence-corrected chi connectivity index (χ1v) is 10.8. The Balaban J connectivity index is 1.73. The molecule has 1 atom stereocenters. The number of allylic oxidation sites excluding steroid dienone is 2. The number of nitrogens with zero attached hydrogens (tertiary/aromatic N) is 2. The van der Waals surface area contributed by atoms with Crippen molar-refractivity contribution in [3.63, 3.8) is 0 Å². The third-order valence-corrected chi connectivity index (χ3v) is 6.39. The number of ether oxygens (including phenoxy) is 1. The quantitative estimate of drug-likeness (QED) is 0.593. The maximum Gasteiger partial charge on any atom is 0.162 e. The van der Waals surface area contributed by atoms with Gasteiger partial charge in [0, 0.05) is 29.2 Å². The highest BCUT2D eigenvalue weighted by Crippen LogP contribution is 2.50. The molecule has 0 fully saturated rings. The van der Waals surface area contributed by atoms with Gasteiger partial charge in [-0.1, -0.05) is 26.0 Å². The van der Waals surface area contributed by atoms with Crippen LogP contribution in [0.4, 0.5) is 10.2 Å². The standard InChI is InChI=1S/C26H26FN3O2/c1-15-22-23(16-5-11-19(32-4)12-6-16)24-20(13-26(2,3)14-21(24)31)28-25(22)30(29-15)18-9-7-17(27)8-10-18/h5-12,23,28H,13-14H2,1-4H3/t23-/m1/s1. The maximum absolute atomic E-state index is 13.5. The second-order valence-corrected chi connectivity index (χ2v) is 9.40. The summed E-state index contributed by atoms with van der Waals surface area (Å²) in [6.07, 6.45) is 1.29. The Kier molecular flexibility index (Phi) is 4.69. The fourth-order valence-corrected chi connectivity index (χ4v) is 4.97. The molecule has 164 valence electrons. The van der Waals surface area contributed by atoms with Crippen molar-refractivity contribution < 1.29 is 13.9 Å². The molecular formula is C26H26FN3O2. The minimum absolute atomic E-state index is 0.124. The molecule has 32 heavy (non-hydrogen) atoms. The number of aryl methyl sites for hydroxylation is 1. The number of Topliss-reactive ketones (excluding diaryl/α,β-unsaturated/α-hetero) is 1. The average molecular weight is 432 g/mol. The summed E-state index contributed by atoms with van der Waals surface area (Å²) in [5.74, 6) is 1.26. The minimum atomic E-state index is -0.291. The molecule has 2 heterocycles. The van der Waals surface area contributed by atoms with Crippen LogP contribution >= 0.6 is 0 Å². The van der Waals surface area contributed by atoms with E-state index in [2.05, 4.69) is 19.2 Å². The summed E-state index contributed by atoms with van der Waals surface area (Å²) in [5, 5.41) is 8.34. The fourth-order valence-electron chi connectivity index (χ4n) is 4.97. The normalized spacial score (nSPS) is 19.3. The largest absolute Gasteiger partial charge is 0.497 e. The predicted octanol–water partition coefficient (Wildman–Crippen LogP) is 5.53. The molecule has 0 radical (unpaired) electrons. The first-order chi connectivity index (χ1) is 15.3. The second-order valence-electron chi connectivity index (χ2n) is 9.40. The Morgan fingerprint density at radius 3 is 2.44 bits per heavy atom. The Hall–Kier alpha value is -3.41. The summed E-state index contributed by atoms with van der Waals surface area (Å²) in [6, 6.07) is 14.2. The molecular weight excluding hydrogens is 405 g/mol. The molecule has 0 saturated carbocycles. The molecule has 3 aromatic rings. The summed E-state index contributed by atoms with van der Waals surface area (Å²) in [7, 11) is 1.64. The van der Waals surface area contributed by atoms with Gasteiger partial charge < -0.3 is 10.1 Å². The number of carbonyl (C=O) groups excluding carboxylic acids is 1. The lowest BCUT2D eigenvalue weighted by molar-refractivity contribution is -0.118. The summed E-state index contributed by atoms with van der Waals surface area (Å²) in [5.41, 5.74) is 5.25.